The van der Waals surface area contributed by atoms with Crippen LogP contribution in [0.1, 0.15) is 17.2 Å². The van der Waals surface area contributed by atoms with Crippen LogP contribution in [0, 0.1) is 5.82 Å². The third-order valence-electron chi connectivity index (χ3n) is 2.71. The van der Waals surface area contributed by atoms with Crippen molar-refractivity contribution in [1.82, 2.24) is 0 Å². The first-order valence-corrected chi connectivity index (χ1v) is 6.89. The summed E-state index contributed by atoms with van der Waals surface area (Å²) in [5.41, 5.74) is 1.67. The fraction of sp³-hybridized carbons (Fsp3) is 0.200. The molecule has 0 aromatic heterocycles. The largest absolute Gasteiger partial charge is 0.368 e. The average molecular weight is 309 g/mol. The van der Waals surface area contributed by atoms with E-state index < -0.39 is 0 Å². The zero-order valence-corrected chi connectivity index (χ0v) is 11.4. The molecular weight excluding hydrogens is 295 g/mol. The number of hydrogen-bond acceptors (Lipinski definition) is 1. The molecule has 0 saturated carbocycles. The van der Waals surface area contributed by atoms with E-state index in [1.54, 1.807) is 12.1 Å². The highest BCUT2D eigenvalue weighted by atomic mass is 79.9. The second kappa shape index (κ2) is 6.66. The molecule has 0 aliphatic rings. The van der Waals surface area contributed by atoms with Crippen molar-refractivity contribution in [2.24, 2.45) is 0 Å². The van der Waals surface area contributed by atoms with Crippen LogP contribution in [0.15, 0.2) is 54.6 Å². The molecule has 0 heterocycles. The molecular formula is C15H14BrFO. The Morgan fingerprint density at radius 2 is 1.67 bits per heavy atom. The zero-order chi connectivity index (χ0) is 12.8. The molecule has 0 amide bonds. The molecule has 1 unspecified atom stereocenters. The molecule has 0 saturated heterocycles. The monoisotopic (exact) mass is 308 g/mol. The first-order valence-electron chi connectivity index (χ1n) is 5.77. The van der Waals surface area contributed by atoms with Gasteiger partial charge in [0, 0.05) is 10.9 Å². The van der Waals surface area contributed by atoms with E-state index in [2.05, 4.69) is 15.9 Å². The van der Waals surface area contributed by atoms with E-state index in [9.17, 15) is 4.39 Å². The molecule has 0 radical (unpaired) electrons. The molecule has 2 aromatic rings. The Kier molecular flexibility index (Phi) is 4.90. The Morgan fingerprint density at radius 1 is 1.00 bits per heavy atom. The molecule has 0 fully saturated rings. The highest BCUT2D eigenvalue weighted by Crippen LogP contribution is 2.21. The lowest BCUT2D eigenvalue weighted by atomic mass is 10.1. The van der Waals surface area contributed by atoms with Crippen molar-refractivity contribution in [2.75, 3.05) is 5.33 Å². The van der Waals surface area contributed by atoms with Crippen LogP contribution < -0.4 is 0 Å². The summed E-state index contributed by atoms with van der Waals surface area (Å²) in [4.78, 5) is 0. The molecule has 0 spiro atoms. The summed E-state index contributed by atoms with van der Waals surface area (Å²) in [6.07, 6.45) is -0.0641. The minimum atomic E-state index is -0.223. The van der Waals surface area contributed by atoms with Gasteiger partial charge in [-0.3, -0.25) is 0 Å². The first-order chi connectivity index (χ1) is 8.81. The molecule has 0 aliphatic heterocycles. The van der Waals surface area contributed by atoms with Crippen LogP contribution in [0.25, 0.3) is 0 Å². The molecule has 94 valence electrons. The number of alkyl halides is 1. The molecule has 0 bridgehead atoms. The van der Waals surface area contributed by atoms with E-state index in [1.807, 2.05) is 36.4 Å². The minimum absolute atomic E-state index is 0.0641. The van der Waals surface area contributed by atoms with Crippen molar-refractivity contribution >= 4 is 15.9 Å². The van der Waals surface area contributed by atoms with Gasteiger partial charge in [0.15, 0.2) is 0 Å². The third kappa shape index (κ3) is 3.40. The summed E-state index contributed by atoms with van der Waals surface area (Å²) in [7, 11) is 0. The first kappa shape index (κ1) is 13.2. The van der Waals surface area contributed by atoms with Gasteiger partial charge < -0.3 is 4.74 Å². The predicted molar refractivity (Wildman–Crippen MR) is 74.2 cm³/mol. The molecule has 0 aliphatic carbocycles. The predicted octanol–water partition coefficient (Wildman–Crippen LogP) is 4.48. The Morgan fingerprint density at radius 3 is 2.33 bits per heavy atom. The van der Waals surface area contributed by atoms with Crippen LogP contribution in [0.3, 0.4) is 0 Å². The molecule has 18 heavy (non-hydrogen) atoms. The number of halogens is 2. The van der Waals surface area contributed by atoms with Crippen molar-refractivity contribution < 1.29 is 9.13 Å². The van der Waals surface area contributed by atoms with Crippen LogP contribution in [-0.2, 0) is 11.3 Å². The van der Waals surface area contributed by atoms with Gasteiger partial charge in [0.05, 0.1) is 12.7 Å². The normalized spacial score (nSPS) is 12.3. The van der Waals surface area contributed by atoms with Gasteiger partial charge in [0.1, 0.15) is 5.82 Å². The van der Waals surface area contributed by atoms with Crippen LogP contribution >= 0.6 is 15.9 Å². The maximum absolute atomic E-state index is 13.5. The molecule has 0 N–H and O–H groups in total. The quantitative estimate of drug-likeness (QED) is 0.740. The van der Waals surface area contributed by atoms with E-state index >= 15 is 0 Å². The second-order valence-electron chi connectivity index (χ2n) is 3.96. The average Bonchev–Trinajstić information content (AvgIpc) is 2.42. The highest BCUT2D eigenvalue weighted by molar-refractivity contribution is 9.09. The Balaban J connectivity index is 2.02. The fourth-order valence-electron chi connectivity index (χ4n) is 1.70. The Bertz CT molecular complexity index is 487. The Labute approximate surface area is 115 Å². The van der Waals surface area contributed by atoms with E-state index in [4.69, 9.17) is 4.74 Å². The van der Waals surface area contributed by atoms with Gasteiger partial charge in [-0.25, -0.2) is 4.39 Å². The molecule has 2 aromatic carbocycles. The van der Waals surface area contributed by atoms with Crippen molar-refractivity contribution in [3.63, 3.8) is 0 Å². The van der Waals surface area contributed by atoms with Gasteiger partial charge in [-0.05, 0) is 11.6 Å². The van der Waals surface area contributed by atoms with E-state index in [1.165, 1.54) is 6.07 Å². The second-order valence-corrected chi connectivity index (χ2v) is 4.60. The van der Waals surface area contributed by atoms with Gasteiger partial charge >= 0.3 is 0 Å². The van der Waals surface area contributed by atoms with Gasteiger partial charge in [-0.2, -0.15) is 0 Å². The molecule has 1 nitrogen and oxygen atoms in total. The Hall–Kier alpha value is -1.19. The van der Waals surface area contributed by atoms with E-state index in [0.717, 1.165) is 5.56 Å². The minimum Gasteiger partial charge on any atom is -0.368 e. The van der Waals surface area contributed by atoms with Crippen LogP contribution in [0.5, 0.6) is 0 Å². The number of rotatable bonds is 5. The third-order valence-corrected chi connectivity index (χ3v) is 3.30. The lowest BCUT2D eigenvalue weighted by Gasteiger charge is -2.16. The topological polar surface area (TPSA) is 9.23 Å². The lowest BCUT2D eigenvalue weighted by Crippen LogP contribution is -2.06. The zero-order valence-electron chi connectivity index (χ0n) is 9.85. The van der Waals surface area contributed by atoms with Crippen molar-refractivity contribution in [3.8, 4) is 0 Å². The number of benzene rings is 2. The number of hydrogen-bond donors (Lipinski definition) is 0. The summed E-state index contributed by atoms with van der Waals surface area (Å²) < 4.78 is 19.2. The fourth-order valence-corrected chi connectivity index (χ4v) is 2.26. The summed E-state index contributed by atoms with van der Waals surface area (Å²) in [5, 5.41) is 0.686. The van der Waals surface area contributed by atoms with Crippen LogP contribution in [0.2, 0.25) is 0 Å². The summed E-state index contributed by atoms with van der Waals surface area (Å²) in [5.74, 6) is -0.223. The standard InChI is InChI=1S/C15H14BrFO/c16-10-15(12-6-2-1-3-7-12)18-11-13-8-4-5-9-14(13)17/h1-9,15H,10-11H2. The van der Waals surface area contributed by atoms with Gasteiger partial charge in [0.25, 0.3) is 0 Å². The smallest absolute Gasteiger partial charge is 0.128 e. The highest BCUT2D eigenvalue weighted by Gasteiger charge is 2.11. The number of ether oxygens (including phenoxy) is 1. The van der Waals surface area contributed by atoms with Gasteiger partial charge in [0.2, 0.25) is 0 Å². The SMILES string of the molecule is Fc1ccccc1COC(CBr)c1ccccc1. The van der Waals surface area contributed by atoms with E-state index in [-0.39, 0.29) is 18.5 Å². The maximum Gasteiger partial charge on any atom is 0.128 e. The summed E-state index contributed by atoms with van der Waals surface area (Å²) >= 11 is 3.43. The van der Waals surface area contributed by atoms with Crippen LogP contribution in [0.4, 0.5) is 4.39 Å². The molecule has 1 atom stereocenters. The van der Waals surface area contributed by atoms with E-state index in [0.29, 0.717) is 10.9 Å². The summed E-state index contributed by atoms with van der Waals surface area (Å²) in [6, 6.07) is 16.6. The maximum atomic E-state index is 13.5. The van der Waals surface area contributed by atoms with Crippen molar-refractivity contribution in [3.05, 3.63) is 71.5 Å². The lowest BCUT2D eigenvalue weighted by molar-refractivity contribution is 0.0549. The van der Waals surface area contributed by atoms with Gasteiger partial charge in [-0.1, -0.05) is 64.5 Å². The molecule has 3 heteroatoms. The van der Waals surface area contributed by atoms with Gasteiger partial charge in [-0.15, -0.1) is 0 Å². The van der Waals surface area contributed by atoms with Crippen molar-refractivity contribution in [1.29, 1.82) is 0 Å². The van der Waals surface area contributed by atoms with Crippen LogP contribution in [-0.4, -0.2) is 5.33 Å². The molecule has 2 rings (SSSR count). The summed E-state index contributed by atoms with van der Waals surface area (Å²) in [6.45, 7) is 0.276. The van der Waals surface area contributed by atoms with Crippen molar-refractivity contribution in [2.45, 2.75) is 12.7 Å².